The Kier molecular flexibility index (Phi) is 5.69. The molecule has 0 aliphatic rings. The summed E-state index contributed by atoms with van der Waals surface area (Å²) in [6, 6.07) is 17.5. The summed E-state index contributed by atoms with van der Waals surface area (Å²) in [5, 5.41) is 13.5. The van der Waals surface area contributed by atoms with Crippen molar-refractivity contribution in [3.8, 4) is 0 Å². The van der Waals surface area contributed by atoms with E-state index in [2.05, 4.69) is 10.6 Å². The second-order valence-electron chi connectivity index (χ2n) is 5.38. The summed E-state index contributed by atoms with van der Waals surface area (Å²) in [6.45, 7) is 3.84. The average Bonchev–Trinajstić information content (AvgIpc) is 2.56. The summed E-state index contributed by atoms with van der Waals surface area (Å²) >= 11 is 0. The molecule has 2 rings (SSSR count). The Morgan fingerprint density at radius 1 is 1.09 bits per heavy atom. The molecule has 0 fully saturated rings. The Morgan fingerprint density at radius 2 is 1.74 bits per heavy atom. The van der Waals surface area contributed by atoms with Crippen LogP contribution in [0.1, 0.15) is 24.0 Å². The van der Waals surface area contributed by atoms with Crippen LogP contribution in [0.5, 0.6) is 0 Å². The van der Waals surface area contributed by atoms with E-state index in [9.17, 15) is 4.79 Å². The molecule has 0 radical (unpaired) electrons. The van der Waals surface area contributed by atoms with Gasteiger partial charge in [0.2, 0.25) is 5.91 Å². The first kappa shape index (κ1) is 16.5. The summed E-state index contributed by atoms with van der Waals surface area (Å²) in [4.78, 5) is 12.2. The highest BCUT2D eigenvalue weighted by molar-refractivity contribution is 6.04. The molecule has 4 nitrogen and oxygen atoms in total. The monoisotopic (exact) mass is 307 g/mol. The summed E-state index contributed by atoms with van der Waals surface area (Å²) in [5.41, 5.74) is 3.02. The van der Waals surface area contributed by atoms with Crippen molar-refractivity contribution in [2.24, 2.45) is 0 Å². The van der Waals surface area contributed by atoms with Crippen molar-refractivity contribution in [3.63, 3.8) is 0 Å². The largest absolute Gasteiger partial charge is 0.362 e. The smallest absolute Gasteiger partial charge is 0.232 e. The van der Waals surface area contributed by atoms with Crippen LogP contribution in [0.4, 0.5) is 5.69 Å². The molecule has 0 bridgehead atoms. The van der Waals surface area contributed by atoms with Crippen LogP contribution in [-0.2, 0) is 4.79 Å². The van der Waals surface area contributed by atoms with Gasteiger partial charge in [-0.3, -0.25) is 10.2 Å². The van der Waals surface area contributed by atoms with E-state index in [1.165, 1.54) is 6.08 Å². The Labute approximate surface area is 136 Å². The molecule has 0 spiro atoms. The van der Waals surface area contributed by atoms with E-state index in [0.717, 1.165) is 16.8 Å². The van der Waals surface area contributed by atoms with Crippen LogP contribution in [0, 0.1) is 12.3 Å². The molecule has 23 heavy (non-hydrogen) atoms. The predicted molar refractivity (Wildman–Crippen MR) is 94.7 cm³/mol. The minimum absolute atomic E-state index is 0.0531. The number of nitrogens with one attached hydrogen (secondary N) is 3. The zero-order valence-corrected chi connectivity index (χ0v) is 13.3. The first-order valence-corrected chi connectivity index (χ1v) is 7.50. The maximum Gasteiger partial charge on any atom is 0.232 e. The van der Waals surface area contributed by atoms with Crippen molar-refractivity contribution in [1.82, 2.24) is 5.32 Å². The van der Waals surface area contributed by atoms with Gasteiger partial charge >= 0.3 is 0 Å². The van der Waals surface area contributed by atoms with Crippen LogP contribution in [0.2, 0.25) is 0 Å². The topological polar surface area (TPSA) is 65.0 Å². The van der Waals surface area contributed by atoms with Gasteiger partial charge in [0.25, 0.3) is 0 Å². The molecule has 118 valence electrons. The molecule has 1 unspecified atom stereocenters. The molecule has 0 saturated heterocycles. The van der Waals surface area contributed by atoms with Gasteiger partial charge < -0.3 is 10.6 Å². The fraction of sp³-hybridized carbons (Fsp3) is 0.158. The number of aryl methyl sites for hydroxylation is 1. The van der Waals surface area contributed by atoms with Gasteiger partial charge in [-0.05, 0) is 37.6 Å². The van der Waals surface area contributed by atoms with Crippen molar-refractivity contribution in [1.29, 1.82) is 5.41 Å². The van der Waals surface area contributed by atoms with E-state index in [-0.39, 0.29) is 17.7 Å². The molecule has 0 aliphatic carbocycles. The van der Waals surface area contributed by atoms with E-state index < -0.39 is 0 Å². The molecule has 0 heterocycles. The standard InChI is InChI=1S/C19H21N3O/c1-14-8-10-16(11-9-14)15(2)19(23)22-18(20)12-13-21-17-6-4-3-5-7-17/h3-13,15,21H,1-2H3,(H2,20,22,23)/b13-12-. The third-order valence-electron chi connectivity index (χ3n) is 3.50. The third kappa shape index (κ3) is 5.11. The Balaban J connectivity index is 1.86. The molecule has 0 aliphatic heterocycles. The maximum atomic E-state index is 12.2. The van der Waals surface area contributed by atoms with Crippen molar-refractivity contribution in [2.45, 2.75) is 19.8 Å². The first-order valence-electron chi connectivity index (χ1n) is 7.50. The van der Waals surface area contributed by atoms with Crippen LogP contribution in [-0.4, -0.2) is 11.7 Å². The Bertz CT molecular complexity index is 690. The second-order valence-corrected chi connectivity index (χ2v) is 5.38. The minimum Gasteiger partial charge on any atom is -0.362 e. The highest BCUT2D eigenvalue weighted by Crippen LogP contribution is 2.15. The summed E-state index contributed by atoms with van der Waals surface area (Å²) in [5.74, 6) is -0.438. The molecule has 0 saturated carbocycles. The highest BCUT2D eigenvalue weighted by atomic mass is 16.1. The molecule has 0 aromatic heterocycles. The van der Waals surface area contributed by atoms with Gasteiger partial charge in [0.05, 0.1) is 5.92 Å². The van der Waals surface area contributed by atoms with Gasteiger partial charge in [0.15, 0.2) is 0 Å². The van der Waals surface area contributed by atoms with Crippen molar-refractivity contribution in [2.75, 3.05) is 5.32 Å². The average molecular weight is 307 g/mol. The number of carbonyl (C=O) groups is 1. The van der Waals surface area contributed by atoms with E-state index in [0.29, 0.717) is 0 Å². The number of amidine groups is 1. The SMILES string of the molecule is Cc1ccc(C(C)C(=O)NC(=N)/C=C\Nc2ccccc2)cc1. The lowest BCUT2D eigenvalue weighted by atomic mass is 9.99. The summed E-state index contributed by atoms with van der Waals surface area (Å²) < 4.78 is 0. The molecule has 2 aromatic rings. The fourth-order valence-corrected chi connectivity index (χ4v) is 2.04. The van der Waals surface area contributed by atoms with Gasteiger partial charge in [0.1, 0.15) is 5.84 Å². The number of hydrogen-bond donors (Lipinski definition) is 3. The number of para-hydroxylation sites is 1. The highest BCUT2D eigenvalue weighted by Gasteiger charge is 2.15. The Hall–Kier alpha value is -2.88. The quantitative estimate of drug-likeness (QED) is 0.581. The molecule has 2 aromatic carbocycles. The number of rotatable bonds is 5. The lowest BCUT2D eigenvalue weighted by Gasteiger charge is -2.12. The van der Waals surface area contributed by atoms with Crippen LogP contribution >= 0.6 is 0 Å². The summed E-state index contributed by atoms with van der Waals surface area (Å²) in [6.07, 6.45) is 3.15. The molecule has 3 N–H and O–H groups in total. The van der Waals surface area contributed by atoms with Gasteiger partial charge in [-0.2, -0.15) is 0 Å². The lowest BCUT2D eigenvalue weighted by molar-refractivity contribution is -0.120. The molecular weight excluding hydrogens is 286 g/mol. The van der Waals surface area contributed by atoms with Crippen LogP contribution in [0.25, 0.3) is 0 Å². The first-order chi connectivity index (χ1) is 11.1. The van der Waals surface area contributed by atoms with Crippen molar-refractivity contribution < 1.29 is 4.79 Å². The van der Waals surface area contributed by atoms with Gasteiger partial charge in [-0.1, -0.05) is 48.0 Å². The van der Waals surface area contributed by atoms with Gasteiger partial charge in [0, 0.05) is 11.9 Å². The lowest BCUT2D eigenvalue weighted by Crippen LogP contribution is -2.32. The maximum absolute atomic E-state index is 12.2. The zero-order valence-electron chi connectivity index (χ0n) is 13.3. The number of benzene rings is 2. The number of carbonyl (C=O) groups excluding carboxylic acids is 1. The van der Waals surface area contributed by atoms with Crippen molar-refractivity contribution in [3.05, 3.63) is 78.0 Å². The van der Waals surface area contributed by atoms with Gasteiger partial charge in [-0.25, -0.2) is 0 Å². The van der Waals surface area contributed by atoms with Crippen LogP contribution in [0.15, 0.2) is 66.9 Å². The fourth-order valence-electron chi connectivity index (χ4n) is 2.04. The van der Waals surface area contributed by atoms with Crippen LogP contribution < -0.4 is 10.6 Å². The van der Waals surface area contributed by atoms with E-state index >= 15 is 0 Å². The minimum atomic E-state index is -0.300. The second kappa shape index (κ2) is 7.94. The van der Waals surface area contributed by atoms with E-state index in [1.54, 1.807) is 6.20 Å². The van der Waals surface area contributed by atoms with Gasteiger partial charge in [-0.15, -0.1) is 0 Å². The van der Waals surface area contributed by atoms with E-state index in [1.807, 2.05) is 68.4 Å². The normalized spacial score (nSPS) is 11.9. The zero-order chi connectivity index (χ0) is 16.7. The van der Waals surface area contributed by atoms with Crippen LogP contribution in [0.3, 0.4) is 0 Å². The molecule has 1 atom stereocenters. The predicted octanol–water partition coefficient (Wildman–Crippen LogP) is 3.82. The molecule has 1 amide bonds. The van der Waals surface area contributed by atoms with Crippen molar-refractivity contribution >= 4 is 17.4 Å². The number of anilines is 1. The summed E-state index contributed by atoms with van der Waals surface area (Å²) in [7, 11) is 0. The number of hydrogen-bond acceptors (Lipinski definition) is 3. The Morgan fingerprint density at radius 3 is 2.39 bits per heavy atom. The van der Waals surface area contributed by atoms with E-state index in [4.69, 9.17) is 5.41 Å². The molecular formula is C19H21N3O. The third-order valence-corrected chi connectivity index (χ3v) is 3.50. The number of amides is 1. The molecule has 4 heteroatoms.